The number of pyridine rings is 1. The van der Waals surface area contributed by atoms with E-state index in [1.807, 2.05) is 6.07 Å². The highest BCUT2D eigenvalue weighted by atomic mass is 19.1. The molecule has 1 saturated heterocycles. The number of nitrogens with one attached hydrogen (secondary N) is 1. The van der Waals surface area contributed by atoms with E-state index in [0.717, 1.165) is 24.0 Å². The topological polar surface area (TPSA) is 97.3 Å². The molecule has 2 amide bonds. The van der Waals surface area contributed by atoms with E-state index in [2.05, 4.69) is 20.3 Å². The van der Waals surface area contributed by atoms with Crippen LogP contribution in [0.4, 0.5) is 13.6 Å². The fraction of sp³-hybridized carbons (Fsp3) is 0.560. The molecule has 10 heteroatoms. The van der Waals surface area contributed by atoms with Gasteiger partial charge in [-0.3, -0.25) is 14.7 Å². The maximum Gasteiger partial charge on any atom is 0.411 e. The van der Waals surface area contributed by atoms with Crippen molar-refractivity contribution in [3.63, 3.8) is 0 Å². The van der Waals surface area contributed by atoms with Gasteiger partial charge in [-0.05, 0) is 63.6 Å². The molecule has 1 N–H and O–H groups in total. The van der Waals surface area contributed by atoms with Gasteiger partial charge >= 0.3 is 6.09 Å². The summed E-state index contributed by atoms with van der Waals surface area (Å²) in [5, 5.41) is 2.89. The Morgan fingerprint density at radius 2 is 1.86 bits per heavy atom. The molecule has 35 heavy (non-hydrogen) atoms. The smallest absolute Gasteiger partial charge is 0.411 e. The van der Waals surface area contributed by atoms with Crippen molar-refractivity contribution in [2.45, 2.75) is 90.0 Å². The minimum Gasteiger partial charge on any atom is -0.444 e. The number of alkyl halides is 2. The second kappa shape index (κ2) is 9.83. The molecule has 1 aliphatic heterocycles. The molecule has 4 rings (SSSR count). The maximum absolute atomic E-state index is 14.5. The highest BCUT2D eigenvalue weighted by Gasteiger charge is 2.46. The minimum atomic E-state index is -1.32. The molecule has 0 unspecified atom stereocenters. The zero-order chi connectivity index (χ0) is 25.3. The standard InChI is InChI=1S/C25H31F2N5O3/c1-14-19(27)8-21(32(14)24(34)35-25(2,3)4)23(33)31-10-16-7-20(28-13-18(16)15-5-6-15)17-11-29-22(9-26)30-12-17/h7,11-15,19,21H,5-6,8-10H2,1-4H3,(H,31,33)/t14-,19+,21-/m0/s1. The zero-order valence-corrected chi connectivity index (χ0v) is 20.4. The van der Waals surface area contributed by atoms with Gasteiger partial charge < -0.3 is 10.1 Å². The van der Waals surface area contributed by atoms with Crippen LogP contribution in [0.3, 0.4) is 0 Å². The number of hydrogen-bond acceptors (Lipinski definition) is 6. The largest absolute Gasteiger partial charge is 0.444 e. The summed E-state index contributed by atoms with van der Waals surface area (Å²) in [4.78, 5) is 39.5. The molecular weight excluding hydrogens is 456 g/mol. The lowest BCUT2D eigenvalue weighted by atomic mass is 10.0. The van der Waals surface area contributed by atoms with E-state index in [-0.39, 0.29) is 18.8 Å². The molecular formula is C25H31F2N5O3. The van der Waals surface area contributed by atoms with Crippen LogP contribution in [0.1, 0.15) is 69.8 Å². The lowest BCUT2D eigenvalue weighted by Gasteiger charge is -2.30. The molecule has 0 radical (unpaired) electrons. The van der Waals surface area contributed by atoms with Crippen LogP contribution in [0.2, 0.25) is 0 Å². The van der Waals surface area contributed by atoms with E-state index in [1.54, 1.807) is 33.9 Å². The van der Waals surface area contributed by atoms with E-state index >= 15 is 0 Å². The van der Waals surface area contributed by atoms with Crippen molar-refractivity contribution in [1.29, 1.82) is 0 Å². The molecule has 2 aliphatic rings. The van der Waals surface area contributed by atoms with E-state index in [1.165, 1.54) is 17.3 Å². The SMILES string of the molecule is C[C@H]1[C@H](F)C[C@@H](C(=O)NCc2cc(-c3cnc(CF)nc3)ncc2C2CC2)N1C(=O)OC(C)(C)C. The summed E-state index contributed by atoms with van der Waals surface area (Å²) < 4.78 is 32.7. The summed E-state index contributed by atoms with van der Waals surface area (Å²) in [5.74, 6) is 0.0505. The molecule has 2 fully saturated rings. The zero-order valence-electron chi connectivity index (χ0n) is 20.4. The summed E-state index contributed by atoms with van der Waals surface area (Å²) in [5.41, 5.74) is 2.41. The molecule has 0 aromatic carbocycles. The average Bonchev–Trinajstić information content (AvgIpc) is 3.61. The van der Waals surface area contributed by atoms with Crippen LogP contribution in [0.5, 0.6) is 0 Å². The number of nitrogens with zero attached hydrogens (tertiary/aromatic N) is 4. The van der Waals surface area contributed by atoms with Crippen LogP contribution < -0.4 is 5.32 Å². The van der Waals surface area contributed by atoms with Crippen LogP contribution in [0.15, 0.2) is 24.7 Å². The van der Waals surface area contributed by atoms with Crippen molar-refractivity contribution < 1.29 is 23.1 Å². The van der Waals surface area contributed by atoms with Crippen LogP contribution in [0.25, 0.3) is 11.3 Å². The molecule has 8 nitrogen and oxygen atoms in total. The first-order chi connectivity index (χ1) is 16.6. The van der Waals surface area contributed by atoms with Gasteiger partial charge in [0.1, 0.15) is 24.5 Å². The third-order valence-electron chi connectivity index (χ3n) is 6.27. The molecule has 0 spiro atoms. The fourth-order valence-corrected chi connectivity index (χ4v) is 4.26. The van der Waals surface area contributed by atoms with Gasteiger partial charge in [-0.25, -0.2) is 23.5 Å². The van der Waals surface area contributed by atoms with Crippen LogP contribution >= 0.6 is 0 Å². The molecule has 1 saturated carbocycles. The number of rotatable bonds is 6. The van der Waals surface area contributed by atoms with Crippen molar-refractivity contribution in [2.75, 3.05) is 0 Å². The molecule has 0 bridgehead atoms. The van der Waals surface area contributed by atoms with E-state index in [4.69, 9.17) is 4.74 Å². The lowest BCUT2D eigenvalue weighted by Crippen LogP contribution is -2.50. The Balaban J connectivity index is 1.51. The van der Waals surface area contributed by atoms with Gasteiger partial charge in [0.05, 0.1) is 11.7 Å². The monoisotopic (exact) mass is 487 g/mol. The van der Waals surface area contributed by atoms with E-state index in [9.17, 15) is 18.4 Å². The normalized spacial score (nSPS) is 22.2. The maximum atomic E-state index is 14.5. The number of carbonyl (C=O) groups is 2. The summed E-state index contributed by atoms with van der Waals surface area (Å²) in [6.07, 6.45) is 4.82. The van der Waals surface area contributed by atoms with Crippen molar-refractivity contribution in [3.8, 4) is 11.3 Å². The van der Waals surface area contributed by atoms with Gasteiger partial charge in [0.25, 0.3) is 0 Å². The Labute approximate surface area is 203 Å². The molecule has 3 heterocycles. The predicted octanol–water partition coefficient (Wildman–Crippen LogP) is 4.24. The lowest BCUT2D eigenvalue weighted by molar-refractivity contribution is -0.126. The van der Waals surface area contributed by atoms with Gasteiger partial charge in [0.2, 0.25) is 5.91 Å². The fourth-order valence-electron chi connectivity index (χ4n) is 4.26. The number of likely N-dealkylation sites (tertiary alicyclic amines) is 1. The number of carbonyl (C=O) groups excluding carboxylic acids is 2. The quantitative estimate of drug-likeness (QED) is 0.655. The number of aromatic nitrogens is 3. The minimum absolute atomic E-state index is 0.0818. The Bertz CT molecular complexity index is 1090. The summed E-state index contributed by atoms with van der Waals surface area (Å²) in [6.45, 7) is 6.22. The van der Waals surface area contributed by atoms with Crippen molar-refractivity contribution in [3.05, 3.63) is 41.6 Å². The van der Waals surface area contributed by atoms with Crippen molar-refractivity contribution in [2.24, 2.45) is 0 Å². The van der Waals surface area contributed by atoms with Crippen LogP contribution in [0, 0.1) is 0 Å². The summed E-state index contributed by atoms with van der Waals surface area (Å²) in [7, 11) is 0. The second-order valence-corrected chi connectivity index (χ2v) is 10.2. The summed E-state index contributed by atoms with van der Waals surface area (Å²) >= 11 is 0. The molecule has 1 aliphatic carbocycles. The first kappa shape index (κ1) is 24.9. The van der Waals surface area contributed by atoms with Crippen molar-refractivity contribution in [1.82, 2.24) is 25.2 Å². The third-order valence-corrected chi connectivity index (χ3v) is 6.27. The first-order valence-corrected chi connectivity index (χ1v) is 11.9. The molecule has 2 aromatic rings. The number of halogens is 2. The Hall–Kier alpha value is -3.17. The highest BCUT2D eigenvalue weighted by Crippen LogP contribution is 2.42. The Morgan fingerprint density at radius 3 is 2.46 bits per heavy atom. The Morgan fingerprint density at radius 1 is 1.17 bits per heavy atom. The molecule has 2 aromatic heterocycles. The second-order valence-electron chi connectivity index (χ2n) is 10.2. The number of amides is 2. The average molecular weight is 488 g/mol. The third kappa shape index (κ3) is 5.74. The van der Waals surface area contributed by atoms with Gasteiger partial charge in [-0.15, -0.1) is 0 Å². The van der Waals surface area contributed by atoms with Crippen LogP contribution in [-0.4, -0.2) is 55.7 Å². The van der Waals surface area contributed by atoms with E-state index in [0.29, 0.717) is 17.2 Å². The van der Waals surface area contributed by atoms with Gasteiger partial charge in [-0.2, -0.15) is 0 Å². The predicted molar refractivity (Wildman–Crippen MR) is 125 cm³/mol. The van der Waals surface area contributed by atoms with Gasteiger partial charge in [-0.1, -0.05) is 0 Å². The van der Waals surface area contributed by atoms with Gasteiger partial charge in [0, 0.05) is 37.1 Å². The molecule has 3 atom stereocenters. The Kier molecular flexibility index (Phi) is 7.00. The highest BCUT2D eigenvalue weighted by molar-refractivity contribution is 5.86. The summed E-state index contributed by atoms with van der Waals surface area (Å²) in [6, 6.07) is 0.146. The molecule has 188 valence electrons. The van der Waals surface area contributed by atoms with Crippen LogP contribution in [-0.2, 0) is 22.8 Å². The number of hydrogen-bond donors (Lipinski definition) is 1. The van der Waals surface area contributed by atoms with Crippen molar-refractivity contribution >= 4 is 12.0 Å². The van der Waals surface area contributed by atoms with Gasteiger partial charge in [0.15, 0.2) is 5.82 Å². The first-order valence-electron chi connectivity index (χ1n) is 11.9. The van der Waals surface area contributed by atoms with E-state index < -0.39 is 42.5 Å². The number of ether oxygens (including phenoxy) is 1.